The van der Waals surface area contributed by atoms with Crippen LogP contribution in [0.3, 0.4) is 0 Å². The zero-order chi connectivity index (χ0) is 22.0. The molecule has 32 heavy (non-hydrogen) atoms. The predicted molar refractivity (Wildman–Crippen MR) is 124 cm³/mol. The number of ketones is 1. The lowest BCUT2D eigenvalue weighted by Gasteiger charge is -2.36. The number of ether oxygens (including phenoxy) is 1. The van der Waals surface area contributed by atoms with E-state index >= 15 is 0 Å². The van der Waals surface area contributed by atoms with Crippen LogP contribution >= 0.6 is 0 Å². The highest BCUT2D eigenvalue weighted by atomic mass is 16.5. The maximum atomic E-state index is 13.7. The average Bonchev–Trinajstić information content (AvgIpc) is 2.85. The van der Waals surface area contributed by atoms with Crippen molar-refractivity contribution in [3.05, 3.63) is 84.3 Å². The number of Topliss-reactive ketones (excluding diaryl/α,β-unsaturated/α-hetero) is 1. The minimum absolute atomic E-state index is 0.210. The number of para-hydroxylation sites is 1. The first-order chi connectivity index (χ1) is 15.6. The van der Waals surface area contributed by atoms with Gasteiger partial charge in [-0.2, -0.15) is 0 Å². The molecule has 2 N–H and O–H groups in total. The van der Waals surface area contributed by atoms with Crippen LogP contribution in [0.5, 0.6) is 0 Å². The van der Waals surface area contributed by atoms with E-state index in [1.165, 1.54) is 0 Å². The van der Waals surface area contributed by atoms with Crippen molar-refractivity contribution in [2.24, 2.45) is 0 Å². The van der Waals surface area contributed by atoms with Crippen molar-refractivity contribution < 1.29 is 9.53 Å². The fourth-order valence-corrected chi connectivity index (χ4v) is 4.49. The molecular weight excluding hydrogens is 400 g/mol. The minimum Gasteiger partial charge on any atom is -0.381 e. The highest BCUT2D eigenvalue weighted by Gasteiger charge is 2.41. The second-order valence-corrected chi connectivity index (χ2v) is 8.24. The van der Waals surface area contributed by atoms with Gasteiger partial charge < -0.3 is 10.5 Å². The van der Waals surface area contributed by atoms with Gasteiger partial charge in [-0.3, -0.25) is 9.78 Å². The number of pyridine rings is 1. The van der Waals surface area contributed by atoms with E-state index in [4.69, 9.17) is 10.5 Å². The number of nitrogens with two attached hydrogens (primary N) is 1. The Hall–Kier alpha value is -3.64. The first kappa shape index (κ1) is 20.3. The number of hydrogen-bond acceptors (Lipinski definition) is 6. The van der Waals surface area contributed by atoms with Gasteiger partial charge >= 0.3 is 0 Å². The Labute approximate surface area is 186 Å². The number of nitrogen functional groups attached to an aromatic ring is 1. The summed E-state index contributed by atoms with van der Waals surface area (Å²) in [6, 6.07) is 18.2. The normalized spacial score (nSPS) is 15.5. The second-order valence-electron chi connectivity index (χ2n) is 8.24. The van der Waals surface area contributed by atoms with Gasteiger partial charge in [-0.05, 0) is 41.7 Å². The minimum atomic E-state index is -0.556. The first-order valence-corrected chi connectivity index (χ1v) is 10.8. The van der Waals surface area contributed by atoms with Gasteiger partial charge in [0, 0.05) is 49.2 Å². The Morgan fingerprint density at radius 2 is 1.62 bits per heavy atom. The molecule has 1 aliphatic rings. The van der Waals surface area contributed by atoms with Crippen molar-refractivity contribution >= 4 is 22.6 Å². The van der Waals surface area contributed by atoms with Gasteiger partial charge in [-0.1, -0.05) is 42.5 Å². The number of anilines is 1. The standard InChI is InChI=1S/C26H24N4O2/c27-25-29-16-21(17-30-25)19-5-7-22(8-6-19)26(9-11-32-12-10-26)24(31)14-18-13-20-3-1-2-4-23(20)28-15-18/h1-8,13,15-17H,9-12,14H2,(H2,27,29,30). The van der Waals surface area contributed by atoms with Crippen LogP contribution in [0.25, 0.3) is 22.0 Å². The number of aromatic nitrogens is 3. The lowest BCUT2D eigenvalue weighted by atomic mass is 9.69. The summed E-state index contributed by atoms with van der Waals surface area (Å²) in [7, 11) is 0. The van der Waals surface area contributed by atoms with Crippen LogP contribution in [0.15, 0.2) is 73.2 Å². The van der Waals surface area contributed by atoms with Crippen molar-refractivity contribution in [3.8, 4) is 11.1 Å². The molecule has 0 aliphatic carbocycles. The number of carbonyl (C=O) groups is 1. The number of rotatable bonds is 5. The Bertz CT molecular complexity index is 1250. The molecular formula is C26H24N4O2. The van der Waals surface area contributed by atoms with E-state index in [-0.39, 0.29) is 11.7 Å². The fraction of sp³-hybridized carbons (Fsp3) is 0.231. The van der Waals surface area contributed by atoms with E-state index < -0.39 is 5.41 Å². The largest absolute Gasteiger partial charge is 0.381 e. The lowest BCUT2D eigenvalue weighted by Crippen LogP contribution is -2.42. The molecule has 1 fully saturated rings. The number of nitrogens with zero attached hydrogens (tertiary/aromatic N) is 3. The monoisotopic (exact) mass is 424 g/mol. The SMILES string of the molecule is Nc1ncc(-c2ccc(C3(C(=O)Cc4cnc5ccccc5c4)CCOCC3)cc2)cn1. The Morgan fingerprint density at radius 1 is 0.906 bits per heavy atom. The van der Waals surface area contributed by atoms with Crippen LogP contribution in [0.4, 0.5) is 5.95 Å². The first-order valence-electron chi connectivity index (χ1n) is 10.8. The van der Waals surface area contributed by atoms with E-state index in [1.54, 1.807) is 12.4 Å². The molecule has 3 heterocycles. The number of benzene rings is 2. The summed E-state index contributed by atoms with van der Waals surface area (Å²) in [5, 5.41) is 1.05. The third-order valence-corrected chi connectivity index (χ3v) is 6.33. The van der Waals surface area contributed by atoms with E-state index in [0.29, 0.717) is 32.5 Å². The summed E-state index contributed by atoms with van der Waals surface area (Å²) < 4.78 is 5.62. The van der Waals surface area contributed by atoms with Crippen LogP contribution in [0.1, 0.15) is 24.0 Å². The third kappa shape index (κ3) is 3.85. The molecule has 0 spiro atoms. The molecule has 6 heteroatoms. The van der Waals surface area contributed by atoms with Crippen molar-refractivity contribution in [2.45, 2.75) is 24.7 Å². The van der Waals surface area contributed by atoms with Gasteiger partial charge in [0.2, 0.25) is 5.95 Å². The summed E-state index contributed by atoms with van der Waals surface area (Å²) in [4.78, 5) is 26.4. The highest BCUT2D eigenvalue weighted by Crippen LogP contribution is 2.38. The smallest absolute Gasteiger partial charge is 0.219 e. The molecule has 6 nitrogen and oxygen atoms in total. The summed E-state index contributed by atoms with van der Waals surface area (Å²) in [5.41, 5.74) is 9.82. The second kappa shape index (κ2) is 8.48. The molecule has 5 rings (SSSR count). The molecule has 0 unspecified atom stereocenters. The van der Waals surface area contributed by atoms with Crippen molar-refractivity contribution in [2.75, 3.05) is 18.9 Å². The third-order valence-electron chi connectivity index (χ3n) is 6.33. The van der Waals surface area contributed by atoms with Crippen LogP contribution in [0, 0.1) is 0 Å². The van der Waals surface area contributed by atoms with Gasteiger partial charge in [0.1, 0.15) is 5.78 Å². The van der Waals surface area contributed by atoms with E-state index in [1.807, 2.05) is 54.7 Å². The van der Waals surface area contributed by atoms with Gasteiger partial charge in [-0.25, -0.2) is 9.97 Å². The topological polar surface area (TPSA) is 91.0 Å². The van der Waals surface area contributed by atoms with Crippen LogP contribution in [-0.4, -0.2) is 33.9 Å². The molecule has 4 aromatic rings. The van der Waals surface area contributed by atoms with Crippen molar-refractivity contribution in [1.82, 2.24) is 15.0 Å². The molecule has 0 atom stereocenters. The summed E-state index contributed by atoms with van der Waals surface area (Å²) in [6.45, 7) is 1.16. The van der Waals surface area contributed by atoms with Gasteiger partial charge in [0.05, 0.1) is 10.9 Å². The van der Waals surface area contributed by atoms with Gasteiger partial charge in [-0.15, -0.1) is 0 Å². The van der Waals surface area contributed by atoms with Crippen LogP contribution < -0.4 is 5.73 Å². The molecule has 1 saturated heterocycles. The molecule has 0 radical (unpaired) electrons. The van der Waals surface area contributed by atoms with Crippen LogP contribution in [0.2, 0.25) is 0 Å². The zero-order valence-electron chi connectivity index (χ0n) is 17.7. The van der Waals surface area contributed by atoms with Crippen molar-refractivity contribution in [1.29, 1.82) is 0 Å². The number of hydrogen-bond donors (Lipinski definition) is 1. The van der Waals surface area contributed by atoms with E-state index in [2.05, 4.69) is 21.0 Å². The predicted octanol–water partition coefficient (Wildman–Crippen LogP) is 4.13. The van der Waals surface area contributed by atoms with Gasteiger partial charge in [0.25, 0.3) is 0 Å². The maximum Gasteiger partial charge on any atom is 0.219 e. The summed E-state index contributed by atoms with van der Waals surface area (Å²) in [6.07, 6.45) is 6.94. The zero-order valence-corrected chi connectivity index (χ0v) is 17.7. The van der Waals surface area contributed by atoms with E-state index in [9.17, 15) is 4.79 Å². The molecule has 160 valence electrons. The number of carbonyl (C=O) groups excluding carboxylic acids is 1. The Balaban J connectivity index is 1.44. The van der Waals surface area contributed by atoms with Gasteiger partial charge in [0.15, 0.2) is 0 Å². The summed E-state index contributed by atoms with van der Waals surface area (Å²) >= 11 is 0. The van der Waals surface area contributed by atoms with Crippen molar-refractivity contribution in [3.63, 3.8) is 0 Å². The van der Waals surface area contributed by atoms with Crippen LogP contribution in [-0.2, 0) is 21.4 Å². The maximum absolute atomic E-state index is 13.7. The number of fused-ring (bicyclic) bond motifs is 1. The summed E-state index contributed by atoms with van der Waals surface area (Å²) in [5.74, 6) is 0.460. The molecule has 2 aromatic heterocycles. The molecule has 2 aromatic carbocycles. The Morgan fingerprint density at radius 3 is 2.38 bits per heavy atom. The molecule has 0 bridgehead atoms. The highest BCUT2D eigenvalue weighted by molar-refractivity contribution is 5.93. The van der Waals surface area contributed by atoms with E-state index in [0.717, 1.165) is 33.2 Å². The lowest BCUT2D eigenvalue weighted by molar-refractivity contribution is -0.127. The molecule has 1 aliphatic heterocycles. The average molecular weight is 425 g/mol. The molecule has 0 saturated carbocycles. The quantitative estimate of drug-likeness (QED) is 0.518. The molecule has 0 amide bonds. The fourth-order valence-electron chi connectivity index (χ4n) is 4.49. The Kier molecular flexibility index (Phi) is 5.37.